The Balaban J connectivity index is 1.99. The van der Waals surface area contributed by atoms with Gasteiger partial charge in [0.2, 0.25) is 10.0 Å². The van der Waals surface area contributed by atoms with Gasteiger partial charge in [-0.2, -0.15) is 0 Å². The molecule has 2 atom stereocenters. The minimum absolute atomic E-state index is 0.235. The molecule has 0 spiro atoms. The Bertz CT molecular complexity index is 958. The normalized spacial score (nSPS) is 13.9. The van der Waals surface area contributed by atoms with Gasteiger partial charge in [0.15, 0.2) is 0 Å². The van der Waals surface area contributed by atoms with E-state index in [1.807, 2.05) is 73.7 Å². The number of hydrogen-bond donors (Lipinski definition) is 2. The number of nitrogens with two attached hydrogens (primary N) is 1. The monoisotopic (exact) mass is 366 g/mol. The van der Waals surface area contributed by atoms with Gasteiger partial charge in [-0.15, -0.1) is 0 Å². The van der Waals surface area contributed by atoms with Gasteiger partial charge in [0.05, 0.1) is 17.0 Å². The molecule has 134 valence electrons. The second-order valence-electron chi connectivity index (χ2n) is 6.26. The molecule has 0 amide bonds. The SMILES string of the molecule is Cc1cccc(S(=O)(=O)N[C@@H](c2ccccc2)[C@@H](N)c2ccccc2)c1. The smallest absolute Gasteiger partial charge is 0.241 e. The van der Waals surface area contributed by atoms with Crippen LogP contribution in [0.1, 0.15) is 28.8 Å². The molecular weight excluding hydrogens is 344 g/mol. The molecule has 0 aromatic heterocycles. The molecule has 3 N–H and O–H groups in total. The van der Waals surface area contributed by atoms with Crippen LogP contribution in [0.2, 0.25) is 0 Å². The summed E-state index contributed by atoms with van der Waals surface area (Å²) >= 11 is 0. The predicted molar refractivity (Wildman–Crippen MR) is 104 cm³/mol. The molecule has 0 radical (unpaired) electrons. The van der Waals surface area contributed by atoms with Crippen molar-refractivity contribution in [1.29, 1.82) is 0 Å². The lowest BCUT2D eigenvalue weighted by atomic mass is 9.95. The maximum absolute atomic E-state index is 12.9. The van der Waals surface area contributed by atoms with Gasteiger partial charge < -0.3 is 5.73 Å². The fraction of sp³-hybridized carbons (Fsp3) is 0.143. The maximum atomic E-state index is 12.9. The highest BCUT2D eigenvalue weighted by atomic mass is 32.2. The molecule has 26 heavy (non-hydrogen) atoms. The number of aryl methyl sites for hydroxylation is 1. The third-order valence-corrected chi connectivity index (χ3v) is 5.72. The first kappa shape index (κ1) is 18.3. The molecule has 0 fully saturated rings. The summed E-state index contributed by atoms with van der Waals surface area (Å²) in [7, 11) is -3.71. The molecule has 0 bridgehead atoms. The van der Waals surface area contributed by atoms with Crippen molar-refractivity contribution in [2.75, 3.05) is 0 Å². The summed E-state index contributed by atoms with van der Waals surface area (Å²) in [4.78, 5) is 0.235. The highest BCUT2D eigenvalue weighted by Crippen LogP contribution is 2.28. The molecule has 3 rings (SSSR count). The van der Waals surface area contributed by atoms with Crippen LogP contribution in [-0.2, 0) is 10.0 Å². The van der Waals surface area contributed by atoms with Crippen LogP contribution in [0, 0.1) is 6.92 Å². The largest absolute Gasteiger partial charge is 0.322 e. The highest BCUT2D eigenvalue weighted by Gasteiger charge is 2.27. The van der Waals surface area contributed by atoms with E-state index in [9.17, 15) is 8.42 Å². The van der Waals surface area contributed by atoms with Gasteiger partial charge in [0.1, 0.15) is 0 Å². The van der Waals surface area contributed by atoms with Crippen LogP contribution in [0.3, 0.4) is 0 Å². The summed E-state index contributed by atoms with van der Waals surface area (Å²) < 4.78 is 28.7. The van der Waals surface area contributed by atoms with E-state index in [1.54, 1.807) is 18.2 Å². The molecule has 4 nitrogen and oxygen atoms in total. The van der Waals surface area contributed by atoms with E-state index in [1.165, 1.54) is 0 Å². The quantitative estimate of drug-likeness (QED) is 0.698. The first-order valence-corrected chi connectivity index (χ1v) is 9.90. The lowest BCUT2D eigenvalue weighted by molar-refractivity contribution is 0.504. The maximum Gasteiger partial charge on any atom is 0.241 e. The van der Waals surface area contributed by atoms with Crippen LogP contribution in [0.5, 0.6) is 0 Å². The molecule has 0 heterocycles. The van der Waals surface area contributed by atoms with Gasteiger partial charge >= 0.3 is 0 Å². The number of benzene rings is 3. The molecule has 3 aromatic carbocycles. The fourth-order valence-electron chi connectivity index (χ4n) is 2.89. The number of rotatable bonds is 6. The van der Waals surface area contributed by atoms with E-state index in [2.05, 4.69) is 4.72 Å². The molecule has 0 unspecified atom stereocenters. The van der Waals surface area contributed by atoms with Crippen LogP contribution < -0.4 is 10.5 Å². The zero-order valence-corrected chi connectivity index (χ0v) is 15.4. The van der Waals surface area contributed by atoms with Gasteiger partial charge in [-0.05, 0) is 35.7 Å². The topological polar surface area (TPSA) is 72.2 Å². The van der Waals surface area contributed by atoms with Crippen molar-refractivity contribution in [3.63, 3.8) is 0 Å². The Morgan fingerprint density at radius 3 is 1.96 bits per heavy atom. The van der Waals surface area contributed by atoms with Gasteiger partial charge in [-0.3, -0.25) is 0 Å². The van der Waals surface area contributed by atoms with E-state index in [-0.39, 0.29) is 4.90 Å². The lowest BCUT2D eigenvalue weighted by Crippen LogP contribution is -2.36. The van der Waals surface area contributed by atoms with Gasteiger partial charge in [0.25, 0.3) is 0 Å². The Hall–Kier alpha value is -2.47. The zero-order valence-electron chi connectivity index (χ0n) is 14.5. The summed E-state index contributed by atoms with van der Waals surface area (Å²) in [5.41, 5.74) is 9.03. The molecule has 3 aromatic rings. The summed E-state index contributed by atoms with van der Waals surface area (Å²) in [6, 6.07) is 24.7. The van der Waals surface area contributed by atoms with E-state index < -0.39 is 22.1 Å². The van der Waals surface area contributed by atoms with E-state index in [4.69, 9.17) is 5.73 Å². The molecule has 5 heteroatoms. The van der Waals surface area contributed by atoms with Gasteiger partial charge in [-0.1, -0.05) is 72.8 Å². The van der Waals surface area contributed by atoms with Crippen LogP contribution >= 0.6 is 0 Å². The van der Waals surface area contributed by atoms with Crippen molar-refractivity contribution < 1.29 is 8.42 Å². The molecular formula is C21H22N2O2S. The summed E-state index contributed by atoms with van der Waals surface area (Å²) in [5.74, 6) is 0. The molecule has 0 aliphatic rings. The minimum atomic E-state index is -3.71. The molecule has 0 saturated heterocycles. The van der Waals surface area contributed by atoms with E-state index in [0.717, 1.165) is 16.7 Å². The summed E-state index contributed by atoms with van der Waals surface area (Å²) in [6.45, 7) is 1.86. The van der Waals surface area contributed by atoms with Crippen molar-refractivity contribution >= 4 is 10.0 Å². The molecule has 0 aliphatic heterocycles. The number of nitrogens with one attached hydrogen (secondary N) is 1. The number of hydrogen-bond acceptors (Lipinski definition) is 3. The van der Waals surface area contributed by atoms with Crippen molar-refractivity contribution in [3.05, 3.63) is 102 Å². The summed E-state index contributed by atoms with van der Waals surface area (Å²) in [6.07, 6.45) is 0. The summed E-state index contributed by atoms with van der Waals surface area (Å²) in [5, 5.41) is 0. The van der Waals surface area contributed by atoms with Crippen molar-refractivity contribution in [2.45, 2.75) is 23.9 Å². The van der Waals surface area contributed by atoms with Crippen molar-refractivity contribution in [2.24, 2.45) is 5.73 Å². The average Bonchev–Trinajstić information content (AvgIpc) is 2.67. The first-order valence-electron chi connectivity index (χ1n) is 8.42. The third-order valence-electron chi connectivity index (χ3n) is 4.28. The van der Waals surface area contributed by atoms with Crippen molar-refractivity contribution in [1.82, 2.24) is 4.72 Å². The zero-order chi connectivity index (χ0) is 18.6. The third kappa shape index (κ3) is 4.19. The predicted octanol–water partition coefficient (Wildman–Crippen LogP) is 3.71. The second-order valence-corrected chi connectivity index (χ2v) is 7.98. The van der Waals surface area contributed by atoms with E-state index >= 15 is 0 Å². The standard InChI is InChI=1S/C21H22N2O2S/c1-16-9-8-14-19(15-16)26(24,25)23-21(18-12-6-3-7-13-18)20(22)17-10-4-2-5-11-17/h2-15,20-21,23H,22H2,1H3/t20-,21-/m0/s1. The Kier molecular flexibility index (Phi) is 5.52. The molecule has 0 aliphatic carbocycles. The van der Waals surface area contributed by atoms with E-state index in [0.29, 0.717) is 0 Å². The van der Waals surface area contributed by atoms with Gasteiger partial charge in [0, 0.05) is 0 Å². The second kappa shape index (κ2) is 7.83. The number of sulfonamides is 1. The van der Waals surface area contributed by atoms with Gasteiger partial charge in [-0.25, -0.2) is 13.1 Å². The minimum Gasteiger partial charge on any atom is -0.322 e. The lowest BCUT2D eigenvalue weighted by Gasteiger charge is -2.26. The van der Waals surface area contributed by atoms with Crippen LogP contribution in [0.15, 0.2) is 89.8 Å². The molecule has 0 saturated carbocycles. The highest BCUT2D eigenvalue weighted by molar-refractivity contribution is 7.89. The average molecular weight is 366 g/mol. The fourth-order valence-corrected chi connectivity index (χ4v) is 4.25. The Labute approximate surface area is 154 Å². The van der Waals surface area contributed by atoms with Crippen molar-refractivity contribution in [3.8, 4) is 0 Å². The first-order chi connectivity index (χ1) is 12.5. The van der Waals surface area contributed by atoms with Crippen LogP contribution in [0.4, 0.5) is 0 Å². The van der Waals surface area contributed by atoms with Crippen LogP contribution in [0.25, 0.3) is 0 Å². The Morgan fingerprint density at radius 2 is 1.38 bits per heavy atom. The van der Waals surface area contributed by atoms with Crippen LogP contribution in [-0.4, -0.2) is 8.42 Å². The Morgan fingerprint density at radius 1 is 0.808 bits per heavy atom.